The second kappa shape index (κ2) is 7.27. The summed E-state index contributed by atoms with van der Waals surface area (Å²) in [7, 11) is -3.86. The fraction of sp³-hybridized carbons (Fsp3) is 0.412. The molecule has 0 atom stereocenters. The normalized spacial score (nSPS) is 12.1. The quantitative estimate of drug-likeness (QED) is 0.748. The molecule has 0 aliphatic carbocycles. The Morgan fingerprint density at radius 1 is 1.29 bits per heavy atom. The molecule has 1 aromatic heterocycles. The van der Waals surface area contributed by atoms with E-state index in [2.05, 4.69) is 4.98 Å². The van der Waals surface area contributed by atoms with Gasteiger partial charge in [0.2, 0.25) is 10.0 Å². The van der Waals surface area contributed by atoms with Crippen molar-refractivity contribution in [2.75, 3.05) is 13.2 Å². The first-order valence-corrected chi connectivity index (χ1v) is 9.24. The van der Waals surface area contributed by atoms with Gasteiger partial charge in [-0.3, -0.25) is 9.78 Å². The van der Waals surface area contributed by atoms with Crippen molar-refractivity contribution in [3.05, 3.63) is 36.0 Å². The first-order valence-electron chi connectivity index (χ1n) is 7.80. The molecule has 0 spiro atoms. The molecule has 1 heterocycles. The van der Waals surface area contributed by atoms with Crippen molar-refractivity contribution in [1.82, 2.24) is 9.29 Å². The summed E-state index contributed by atoms with van der Waals surface area (Å²) in [6.45, 7) is 6.91. The number of sulfonamides is 1. The molecular weight excluding hydrogens is 328 g/mol. The molecule has 2 rings (SSSR count). The van der Waals surface area contributed by atoms with Crippen LogP contribution in [-0.4, -0.2) is 42.9 Å². The molecule has 0 aliphatic heterocycles. The van der Waals surface area contributed by atoms with Crippen LogP contribution in [0.1, 0.15) is 26.3 Å². The molecule has 0 saturated heterocycles. The number of fused-ring (bicyclic) bond motifs is 1. The van der Waals surface area contributed by atoms with Crippen LogP contribution in [0.2, 0.25) is 0 Å². The Morgan fingerprint density at radius 2 is 2.00 bits per heavy atom. The van der Waals surface area contributed by atoms with E-state index < -0.39 is 16.0 Å². The Balaban J connectivity index is 2.56. The van der Waals surface area contributed by atoms with Gasteiger partial charge in [-0.25, -0.2) is 8.42 Å². The number of aryl methyl sites for hydroxylation is 1. The summed E-state index contributed by atoms with van der Waals surface area (Å²) < 4.78 is 32.3. The lowest BCUT2D eigenvalue weighted by molar-refractivity contribution is -0.143. The van der Waals surface area contributed by atoms with E-state index in [0.717, 1.165) is 9.87 Å². The highest BCUT2D eigenvalue weighted by Crippen LogP contribution is 2.27. The molecule has 6 nitrogen and oxygen atoms in total. The molecule has 0 fully saturated rings. The summed E-state index contributed by atoms with van der Waals surface area (Å²) in [5, 5.41) is 0.548. The standard InChI is InChI=1S/C17H22N2O4S/c1-5-23-16(20)11-19(12(2)3)24(21,22)15-9-8-13(4)17-14(15)7-6-10-18-17/h6-10,12H,5,11H2,1-4H3. The summed E-state index contributed by atoms with van der Waals surface area (Å²) in [6.07, 6.45) is 1.63. The number of pyridine rings is 1. The summed E-state index contributed by atoms with van der Waals surface area (Å²) >= 11 is 0. The molecule has 2 aromatic rings. The van der Waals surface area contributed by atoms with Crippen molar-refractivity contribution in [2.24, 2.45) is 0 Å². The minimum Gasteiger partial charge on any atom is -0.465 e. The number of rotatable bonds is 6. The van der Waals surface area contributed by atoms with E-state index >= 15 is 0 Å². The second-order valence-electron chi connectivity index (χ2n) is 5.73. The highest BCUT2D eigenvalue weighted by Gasteiger charge is 2.31. The topological polar surface area (TPSA) is 76.6 Å². The third-order valence-electron chi connectivity index (χ3n) is 3.68. The van der Waals surface area contributed by atoms with Gasteiger partial charge in [0.1, 0.15) is 6.54 Å². The van der Waals surface area contributed by atoms with Gasteiger partial charge >= 0.3 is 5.97 Å². The lowest BCUT2D eigenvalue weighted by atomic mass is 10.1. The number of benzene rings is 1. The van der Waals surface area contributed by atoms with Crippen LogP contribution in [0, 0.1) is 6.92 Å². The monoisotopic (exact) mass is 350 g/mol. The maximum atomic E-state index is 13.1. The van der Waals surface area contributed by atoms with Gasteiger partial charge in [0, 0.05) is 17.6 Å². The number of carbonyl (C=O) groups is 1. The van der Waals surface area contributed by atoms with Crippen LogP contribution in [0.25, 0.3) is 10.9 Å². The average molecular weight is 350 g/mol. The van der Waals surface area contributed by atoms with Crippen LogP contribution >= 0.6 is 0 Å². The lowest BCUT2D eigenvalue weighted by Crippen LogP contribution is -2.41. The number of nitrogens with zero attached hydrogens (tertiary/aromatic N) is 2. The van der Waals surface area contributed by atoms with E-state index in [1.54, 1.807) is 51.2 Å². The van der Waals surface area contributed by atoms with Crippen LogP contribution in [0.4, 0.5) is 0 Å². The zero-order valence-corrected chi connectivity index (χ0v) is 15.1. The third-order valence-corrected chi connectivity index (χ3v) is 5.76. The number of hydrogen-bond donors (Lipinski definition) is 0. The van der Waals surface area contributed by atoms with Crippen molar-refractivity contribution >= 4 is 26.9 Å². The summed E-state index contributed by atoms with van der Waals surface area (Å²) in [5.41, 5.74) is 1.53. The van der Waals surface area contributed by atoms with Gasteiger partial charge in [-0.1, -0.05) is 6.07 Å². The van der Waals surface area contributed by atoms with E-state index in [9.17, 15) is 13.2 Å². The van der Waals surface area contributed by atoms with Crippen molar-refractivity contribution in [2.45, 2.75) is 38.6 Å². The van der Waals surface area contributed by atoms with Crippen molar-refractivity contribution in [3.63, 3.8) is 0 Å². The van der Waals surface area contributed by atoms with Gasteiger partial charge in [0.25, 0.3) is 0 Å². The Labute approximate surface area is 142 Å². The summed E-state index contributed by atoms with van der Waals surface area (Å²) in [5.74, 6) is -0.565. The Bertz CT molecular complexity index is 847. The molecular formula is C17H22N2O4S. The largest absolute Gasteiger partial charge is 0.465 e. The van der Waals surface area contributed by atoms with Crippen LogP contribution in [0.5, 0.6) is 0 Å². The molecule has 0 aliphatic rings. The second-order valence-corrected chi connectivity index (χ2v) is 7.59. The highest BCUT2D eigenvalue weighted by molar-refractivity contribution is 7.89. The van der Waals surface area contributed by atoms with E-state index in [-0.39, 0.29) is 24.1 Å². The Kier molecular flexibility index (Phi) is 5.56. The minimum absolute atomic E-state index is 0.147. The molecule has 0 saturated carbocycles. The Morgan fingerprint density at radius 3 is 2.62 bits per heavy atom. The van der Waals surface area contributed by atoms with E-state index in [0.29, 0.717) is 10.9 Å². The van der Waals surface area contributed by atoms with Crippen molar-refractivity contribution in [1.29, 1.82) is 0 Å². The molecule has 24 heavy (non-hydrogen) atoms. The average Bonchev–Trinajstić information content (AvgIpc) is 2.53. The van der Waals surface area contributed by atoms with Crippen LogP contribution in [-0.2, 0) is 19.6 Å². The van der Waals surface area contributed by atoms with Gasteiger partial charge in [0.05, 0.1) is 17.0 Å². The van der Waals surface area contributed by atoms with Gasteiger partial charge in [-0.2, -0.15) is 4.31 Å². The number of ether oxygens (including phenoxy) is 1. The molecule has 0 N–H and O–H groups in total. The van der Waals surface area contributed by atoms with E-state index in [4.69, 9.17) is 4.74 Å². The fourth-order valence-corrected chi connectivity index (χ4v) is 4.28. The van der Waals surface area contributed by atoms with E-state index in [1.165, 1.54) is 0 Å². The van der Waals surface area contributed by atoms with Crippen LogP contribution in [0.3, 0.4) is 0 Å². The maximum Gasteiger partial charge on any atom is 0.321 e. The summed E-state index contributed by atoms with van der Waals surface area (Å²) in [6, 6.07) is 6.34. The number of esters is 1. The van der Waals surface area contributed by atoms with Gasteiger partial charge in [-0.05, 0) is 51.5 Å². The molecule has 0 bridgehead atoms. The first-order chi connectivity index (χ1) is 11.3. The lowest BCUT2D eigenvalue weighted by Gasteiger charge is -2.25. The summed E-state index contributed by atoms with van der Waals surface area (Å²) in [4.78, 5) is 16.2. The predicted molar refractivity (Wildman–Crippen MR) is 92.1 cm³/mol. The third kappa shape index (κ3) is 3.57. The zero-order valence-electron chi connectivity index (χ0n) is 14.3. The molecule has 7 heteroatoms. The first kappa shape index (κ1) is 18.4. The van der Waals surface area contributed by atoms with Crippen LogP contribution in [0.15, 0.2) is 35.4 Å². The van der Waals surface area contributed by atoms with Crippen molar-refractivity contribution in [3.8, 4) is 0 Å². The minimum atomic E-state index is -3.86. The number of carbonyl (C=O) groups excluding carboxylic acids is 1. The van der Waals surface area contributed by atoms with E-state index in [1.807, 2.05) is 6.92 Å². The van der Waals surface area contributed by atoms with Crippen LogP contribution < -0.4 is 0 Å². The highest BCUT2D eigenvalue weighted by atomic mass is 32.2. The molecule has 1 aromatic carbocycles. The van der Waals surface area contributed by atoms with Gasteiger partial charge < -0.3 is 4.74 Å². The zero-order chi connectivity index (χ0) is 17.9. The van der Waals surface area contributed by atoms with Gasteiger partial charge in [-0.15, -0.1) is 0 Å². The molecule has 0 amide bonds. The fourth-order valence-electron chi connectivity index (χ4n) is 2.52. The maximum absolute atomic E-state index is 13.1. The smallest absolute Gasteiger partial charge is 0.321 e. The number of aromatic nitrogens is 1. The van der Waals surface area contributed by atoms with Gasteiger partial charge in [0.15, 0.2) is 0 Å². The molecule has 130 valence electrons. The predicted octanol–water partition coefficient (Wildman–Crippen LogP) is 2.51. The molecule has 0 radical (unpaired) electrons. The number of hydrogen-bond acceptors (Lipinski definition) is 5. The van der Waals surface area contributed by atoms with Crippen molar-refractivity contribution < 1.29 is 17.9 Å². The molecule has 0 unspecified atom stereocenters. The Hall–Kier alpha value is -1.99. The SMILES string of the molecule is CCOC(=O)CN(C(C)C)S(=O)(=O)c1ccc(C)c2ncccc12.